The highest BCUT2D eigenvalue weighted by Gasteiger charge is 2.13. The zero-order valence-corrected chi connectivity index (χ0v) is 11.8. The highest BCUT2D eigenvalue weighted by atomic mass is 16.5. The molecule has 0 spiro atoms. The van der Waals surface area contributed by atoms with Crippen LogP contribution in [0.1, 0.15) is 10.4 Å². The Balaban J connectivity index is 2.03. The molecule has 0 saturated carbocycles. The van der Waals surface area contributed by atoms with Crippen molar-refractivity contribution >= 4 is 28.6 Å². The number of carbonyl (C=O) groups excluding carboxylic acids is 1. The van der Waals surface area contributed by atoms with Crippen LogP contribution in [0.15, 0.2) is 48.5 Å². The molecule has 0 amide bonds. The van der Waals surface area contributed by atoms with Crippen molar-refractivity contribution in [1.29, 1.82) is 0 Å². The van der Waals surface area contributed by atoms with Gasteiger partial charge in [0.2, 0.25) is 5.95 Å². The molecular formula is C16H15N3O2. The van der Waals surface area contributed by atoms with Gasteiger partial charge in [-0.25, -0.2) is 9.78 Å². The van der Waals surface area contributed by atoms with E-state index in [0.717, 1.165) is 11.0 Å². The maximum absolute atomic E-state index is 11.8. The number of esters is 1. The van der Waals surface area contributed by atoms with Gasteiger partial charge in [0.25, 0.3) is 0 Å². The van der Waals surface area contributed by atoms with Crippen LogP contribution in [0, 0.1) is 0 Å². The second kappa shape index (κ2) is 5.28. The predicted molar refractivity (Wildman–Crippen MR) is 81.8 cm³/mol. The third kappa shape index (κ3) is 2.33. The maximum atomic E-state index is 11.8. The average Bonchev–Trinajstić information content (AvgIpc) is 2.84. The molecule has 3 aromatic rings. The lowest BCUT2D eigenvalue weighted by Crippen LogP contribution is -2.07. The Bertz CT molecular complexity index is 808. The van der Waals surface area contributed by atoms with Gasteiger partial charge in [-0.15, -0.1) is 0 Å². The number of hydrogen-bond donors (Lipinski definition) is 1. The first-order valence-corrected chi connectivity index (χ1v) is 6.56. The summed E-state index contributed by atoms with van der Waals surface area (Å²) in [4.78, 5) is 16.3. The molecule has 0 bridgehead atoms. The predicted octanol–water partition coefficient (Wildman–Crippen LogP) is 3.10. The van der Waals surface area contributed by atoms with Crippen molar-refractivity contribution in [2.24, 2.45) is 7.05 Å². The van der Waals surface area contributed by atoms with E-state index in [4.69, 9.17) is 4.74 Å². The molecule has 5 heteroatoms. The number of imidazole rings is 1. The van der Waals surface area contributed by atoms with Crippen molar-refractivity contribution in [2.45, 2.75) is 0 Å². The number of aryl methyl sites for hydroxylation is 1. The van der Waals surface area contributed by atoms with Gasteiger partial charge in [-0.3, -0.25) is 0 Å². The minimum Gasteiger partial charge on any atom is -0.465 e. The van der Waals surface area contributed by atoms with E-state index < -0.39 is 0 Å². The first-order chi connectivity index (χ1) is 10.2. The number of para-hydroxylation sites is 3. The molecule has 0 fully saturated rings. The summed E-state index contributed by atoms with van der Waals surface area (Å²) in [5.74, 6) is 0.296. The summed E-state index contributed by atoms with van der Waals surface area (Å²) >= 11 is 0. The fraction of sp³-hybridized carbons (Fsp3) is 0.125. The topological polar surface area (TPSA) is 56.1 Å². The Morgan fingerprint density at radius 3 is 2.62 bits per heavy atom. The minimum absolute atomic E-state index is 0.378. The van der Waals surface area contributed by atoms with Crippen molar-refractivity contribution in [3.63, 3.8) is 0 Å². The maximum Gasteiger partial charge on any atom is 0.339 e. The molecular weight excluding hydrogens is 266 g/mol. The highest BCUT2D eigenvalue weighted by Crippen LogP contribution is 2.24. The van der Waals surface area contributed by atoms with E-state index in [0.29, 0.717) is 17.2 Å². The second-order valence-electron chi connectivity index (χ2n) is 4.65. The Morgan fingerprint density at radius 2 is 1.86 bits per heavy atom. The molecule has 0 radical (unpaired) electrons. The van der Waals surface area contributed by atoms with Crippen LogP contribution in [-0.4, -0.2) is 22.6 Å². The van der Waals surface area contributed by atoms with Crippen molar-refractivity contribution < 1.29 is 9.53 Å². The van der Waals surface area contributed by atoms with Gasteiger partial charge in [-0.2, -0.15) is 0 Å². The van der Waals surface area contributed by atoms with E-state index in [1.54, 1.807) is 12.1 Å². The normalized spacial score (nSPS) is 10.6. The molecule has 1 aromatic heterocycles. The highest BCUT2D eigenvalue weighted by molar-refractivity contribution is 5.96. The zero-order chi connectivity index (χ0) is 14.8. The average molecular weight is 281 g/mol. The van der Waals surface area contributed by atoms with E-state index in [1.165, 1.54) is 7.11 Å². The number of nitrogens with zero attached hydrogens (tertiary/aromatic N) is 2. The van der Waals surface area contributed by atoms with E-state index >= 15 is 0 Å². The summed E-state index contributed by atoms with van der Waals surface area (Å²) in [6.07, 6.45) is 0. The summed E-state index contributed by atoms with van der Waals surface area (Å²) in [5, 5.41) is 3.20. The SMILES string of the molecule is COC(=O)c1ccccc1Nc1nc2ccccc2n1C. The van der Waals surface area contributed by atoms with Gasteiger partial charge in [0.15, 0.2) is 0 Å². The number of fused-ring (bicyclic) bond motifs is 1. The Kier molecular flexibility index (Phi) is 3.31. The molecule has 5 nitrogen and oxygen atoms in total. The minimum atomic E-state index is -0.378. The number of aromatic nitrogens is 2. The molecule has 0 aliphatic carbocycles. The number of ether oxygens (including phenoxy) is 1. The van der Waals surface area contributed by atoms with E-state index in [1.807, 2.05) is 48.0 Å². The number of anilines is 2. The molecule has 2 aromatic carbocycles. The van der Waals surface area contributed by atoms with Crippen LogP contribution in [0.2, 0.25) is 0 Å². The van der Waals surface area contributed by atoms with Crippen molar-refractivity contribution in [3.8, 4) is 0 Å². The Labute approximate surface area is 122 Å². The summed E-state index contributed by atoms with van der Waals surface area (Å²) in [5.41, 5.74) is 3.07. The number of hydrogen-bond acceptors (Lipinski definition) is 4. The van der Waals surface area contributed by atoms with E-state index in [2.05, 4.69) is 10.3 Å². The van der Waals surface area contributed by atoms with Gasteiger partial charge in [0.1, 0.15) is 0 Å². The zero-order valence-electron chi connectivity index (χ0n) is 11.8. The number of carbonyl (C=O) groups is 1. The molecule has 3 rings (SSSR count). The lowest BCUT2D eigenvalue weighted by Gasteiger charge is -2.10. The smallest absolute Gasteiger partial charge is 0.339 e. The van der Waals surface area contributed by atoms with Gasteiger partial charge in [0, 0.05) is 7.05 Å². The monoisotopic (exact) mass is 281 g/mol. The molecule has 1 N–H and O–H groups in total. The number of nitrogens with one attached hydrogen (secondary N) is 1. The molecule has 0 saturated heterocycles. The summed E-state index contributed by atoms with van der Waals surface area (Å²) in [6, 6.07) is 15.1. The summed E-state index contributed by atoms with van der Waals surface area (Å²) in [7, 11) is 3.30. The number of benzene rings is 2. The summed E-state index contributed by atoms with van der Waals surface area (Å²) < 4.78 is 6.75. The molecule has 0 unspecified atom stereocenters. The van der Waals surface area contributed by atoms with Crippen LogP contribution in [0.4, 0.5) is 11.6 Å². The standard InChI is InChI=1S/C16H15N3O2/c1-19-14-10-6-5-9-13(14)18-16(19)17-12-8-4-3-7-11(12)15(20)21-2/h3-10H,1-2H3,(H,17,18). The van der Waals surface area contributed by atoms with Crippen molar-refractivity contribution in [2.75, 3.05) is 12.4 Å². The van der Waals surface area contributed by atoms with Gasteiger partial charge in [0.05, 0.1) is 29.4 Å². The second-order valence-corrected chi connectivity index (χ2v) is 4.65. The molecule has 106 valence electrons. The number of methoxy groups -OCH3 is 1. The Morgan fingerprint density at radius 1 is 1.14 bits per heavy atom. The fourth-order valence-corrected chi connectivity index (χ4v) is 2.26. The van der Waals surface area contributed by atoms with Gasteiger partial charge >= 0.3 is 5.97 Å². The third-order valence-electron chi connectivity index (χ3n) is 3.37. The summed E-state index contributed by atoms with van der Waals surface area (Å²) in [6.45, 7) is 0. The number of rotatable bonds is 3. The van der Waals surface area contributed by atoms with Crippen molar-refractivity contribution in [3.05, 3.63) is 54.1 Å². The molecule has 0 aliphatic rings. The van der Waals surface area contributed by atoms with Gasteiger partial charge < -0.3 is 14.6 Å². The molecule has 0 aliphatic heterocycles. The molecule has 1 heterocycles. The molecule has 21 heavy (non-hydrogen) atoms. The van der Waals surface area contributed by atoms with E-state index in [9.17, 15) is 4.79 Å². The van der Waals surface area contributed by atoms with Crippen LogP contribution in [0.5, 0.6) is 0 Å². The van der Waals surface area contributed by atoms with Crippen LogP contribution < -0.4 is 5.32 Å². The van der Waals surface area contributed by atoms with Crippen LogP contribution >= 0.6 is 0 Å². The third-order valence-corrected chi connectivity index (χ3v) is 3.37. The van der Waals surface area contributed by atoms with Gasteiger partial charge in [-0.1, -0.05) is 24.3 Å². The lowest BCUT2D eigenvalue weighted by molar-refractivity contribution is 0.0602. The Hall–Kier alpha value is -2.82. The fourth-order valence-electron chi connectivity index (χ4n) is 2.26. The van der Waals surface area contributed by atoms with E-state index in [-0.39, 0.29) is 5.97 Å². The van der Waals surface area contributed by atoms with Crippen LogP contribution in [0.25, 0.3) is 11.0 Å². The van der Waals surface area contributed by atoms with Crippen molar-refractivity contribution in [1.82, 2.24) is 9.55 Å². The van der Waals surface area contributed by atoms with Crippen LogP contribution in [0.3, 0.4) is 0 Å². The first kappa shape index (κ1) is 13.2. The quantitative estimate of drug-likeness (QED) is 0.749. The van der Waals surface area contributed by atoms with Crippen LogP contribution in [-0.2, 0) is 11.8 Å². The lowest BCUT2D eigenvalue weighted by atomic mass is 10.2. The largest absolute Gasteiger partial charge is 0.465 e. The van der Waals surface area contributed by atoms with Gasteiger partial charge in [-0.05, 0) is 24.3 Å². The molecule has 0 atom stereocenters. The first-order valence-electron chi connectivity index (χ1n) is 6.56.